The fourth-order valence-corrected chi connectivity index (χ4v) is 5.62. The summed E-state index contributed by atoms with van der Waals surface area (Å²) in [4.78, 5) is 42.7. The quantitative estimate of drug-likeness (QED) is 0.323. The van der Waals surface area contributed by atoms with E-state index in [1.165, 1.54) is 19.3 Å². The molecule has 4 rings (SSSR count). The van der Waals surface area contributed by atoms with Crippen LogP contribution < -0.4 is 10.1 Å². The lowest BCUT2D eigenvalue weighted by molar-refractivity contribution is -0.143. The lowest BCUT2D eigenvalue weighted by Crippen LogP contribution is -2.49. The minimum atomic E-state index is -0.675. The van der Waals surface area contributed by atoms with Crippen molar-refractivity contribution in [3.05, 3.63) is 76.0 Å². The zero-order chi connectivity index (χ0) is 29.5. The van der Waals surface area contributed by atoms with Gasteiger partial charge >= 0.3 is 12.0 Å². The van der Waals surface area contributed by atoms with E-state index >= 15 is 0 Å². The van der Waals surface area contributed by atoms with Crippen molar-refractivity contribution in [3.63, 3.8) is 0 Å². The molecule has 1 atom stereocenters. The fraction of sp³-hybridized carbons (Fsp3) is 0.469. The Hall–Kier alpha value is -3.52. The van der Waals surface area contributed by atoms with E-state index in [9.17, 15) is 14.4 Å². The number of nitrogens with one attached hydrogen (secondary N) is 1. The Labute approximate surface area is 247 Å². The standard InChI is InChI=1S/C32H40ClN3O5/c1-21(2)40-31(38)28-22(3)34-32(39)36(29(28)24-10-8-11-25(33)20-24)19-9-18-35(4)30(37)23-14-16-27(17-15-23)41-26-12-6-5-7-13-26/h8,10-11,14-17,20-21,26,29H,5-7,9,12-13,18-19H2,1-4H3,(H,34,39). The lowest BCUT2D eigenvalue weighted by Gasteiger charge is -2.38. The van der Waals surface area contributed by atoms with Crippen LogP contribution in [0.3, 0.4) is 0 Å². The molecule has 0 spiro atoms. The molecule has 9 heteroatoms. The summed E-state index contributed by atoms with van der Waals surface area (Å²) in [5.41, 5.74) is 2.10. The van der Waals surface area contributed by atoms with Crippen LogP contribution in [0.25, 0.3) is 0 Å². The van der Waals surface area contributed by atoms with Crippen molar-refractivity contribution in [1.29, 1.82) is 0 Å². The maximum Gasteiger partial charge on any atom is 0.338 e. The number of amides is 3. The Bertz CT molecular complexity index is 1270. The highest BCUT2D eigenvalue weighted by Crippen LogP contribution is 2.35. The minimum absolute atomic E-state index is 0.111. The number of allylic oxidation sites excluding steroid dienone is 1. The topological polar surface area (TPSA) is 88.2 Å². The first-order valence-corrected chi connectivity index (χ1v) is 14.8. The van der Waals surface area contributed by atoms with Crippen molar-refractivity contribution in [3.8, 4) is 5.75 Å². The van der Waals surface area contributed by atoms with Crippen molar-refractivity contribution in [2.24, 2.45) is 0 Å². The molecule has 1 heterocycles. The number of rotatable bonds is 10. The molecule has 220 valence electrons. The normalized spacial score (nSPS) is 17.9. The zero-order valence-corrected chi connectivity index (χ0v) is 25.1. The highest BCUT2D eigenvalue weighted by atomic mass is 35.5. The van der Waals surface area contributed by atoms with Gasteiger partial charge < -0.3 is 24.6 Å². The van der Waals surface area contributed by atoms with Gasteiger partial charge in [0.15, 0.2) is 0 Å². The van der Waals surface area contributed by atoms with Crippen LogP contribution in [0, 0.1) is 0 Å². The molecule has 8 nitrogen and oxygen atoms in total. The number of benzene rings is 2. The molecule has 2 aromatic rings. The van der Waals surface area contributed by atoms with Crippen molar-refractivity contribution in [2.75, 3.05) is 20.1 Å². The monoisotopic (exact) mass is 581 g/mol. The Balaban J connectivity index is 1.42. The average Bonchev–Trinajstić information content (AvgIpc) is 2.94. The Kier molecular flexibility index (Phi) is 10.3. The van der Waals surface area contributed by atoms with Gasteiger partial charge in [-0.25, -0.2) is 9.59 Å². The molecule has 0 radical (unpaired) electrons. The Morgan fingerprint density at radius 3 is 2.46 bits per heavy atom. The molecule has 1 fully saturated rings. The number of carbonyl (C=O) groups excluding carboxylic acids is 3. The molecule has 2 aliphatic rings. The van der Waals surface area contributed by atoms with Crippen LogP contribution in [0.1, 0.15) is 81.3 Å². The number of carbonyl (C=O) groups is 3. The number of esters is 1. The van der Waals surface area contributed by atoms with Gasteiger partial charge in [0.2, 0.25) is 0 Å². The van der Waals surface area contributed by atoms with Gasteiger partial charge in [0, 0.05) is 36.4 Å². The number of hydrogen-bond donors (Lipinski definition) is 1. The van der Waals surface area contributed by atoms with E-state index < -0.39 is 12.0 Å². The lowest BCUT2D eigenvalue weighted by atomic mass is 9.93. The van der Waals surface area contributed by atoms with E-state index in [1.54, 1.807) is 68.0 Å². The Morgan fingerprint density at radius 1 is 1.10 bits per heavy atom. The maximum atomic E-state index is 13.2. The predicted molar refractivity (Wildman–Crippen MR) is 159 cm³/mol. The van der Waals surface area contributed by atoms with Crippen molar-refractivity contribution < 1.29 is 23.9 Å². The summed E-state index contributed by atoms with van der Waals surface area (Å²) in [6, 6.07) is 13.4. The Morgan fingerprint density at radius 2 is 1.80 bits per heavy atom. The molecule has 41 heavy (non-hydrogen) atoms. The summed E-state index contributed by atoms with van der Waals surface area (Å²) in [6.07, 6.45) is 6.25. The molecule has 2 aromatic carbocycles. The summed E-state index contributed by atoms with van der Waals surface area (Å²) >= 11 is 6.29. The van der Waals surface area contributed by atoms with E-state index in [-0.39, 0.29) is 24.1 Å². The van der Waals surface area contributed by atoms with Gasteiger partial charge in [-0.1, -0.05) is 30.2 Å². The van der Waals surface area contributed by atoms with Crippen LogP contribution in [0.15, 0.2) is 59.8 Å². The van der Waals surface area contributed by atoms with Gasteiger partial charge in [0.25, 0.3) is 5.91 Å². The van der Waals surface area contributed by atoms with Gasteiger partial charge in [0.05, 0.1) is 23.8 Å². The molecular weight excluding hydrogens is 542 g/mol. The number of nitrogens with zero attached hydrogens (tertiary/aromatic N) is 2. The van der Waals surface area contributed by atoms with Gasteiger partial charge in [-0.2, -0.15) is 0 Å². The van der Waals surface area contributed by atoms with Crippen LogP contribution in [0.5, 0.6) is 5.75 Å². The molecule has 3 amide bonds. The molecule has 1 N–H and O–H groups in total. The van der Waals surface area contributed by atoms with Crippen LogP contribution in [0.4, 0.5) is 4.79 Å². The van der Waals surface area contributed by atoms with E-state index in [1.807, 2.05) is 18.2 Å². The maximum absolute atomic E-state index is 13.2. The summed E-state index contributed by atoms with van der Waals surface area (Å²) in [5.74, 6) is 0.186. The molecular formula is C32H40ClN3O5. The van der Waals surface area contributed by atoms with Crippen LogP contribution in [0.2, 0.25) is 5.02 Å². The molecule has 1 saturated carbocycles. The summed E-state index contributed by atoms with van der Waals surface area (Å²) in [6.45, 7) is 5.99. The summed E-state index contributed by atoms with van der Waals surface area (Å²) < 4.78 is 11.6. The number of hydrogen-bond acceptors (Lipinski definition) is 5. The molecule has 1 aliphatic carbocycles. The highest BCUT2D eigenvalue weighted by Gasteiger charge is 2.38. The van der Waals surface area contributed by atoms with Gasteiger partial charge in [-0.15, -0.1) is 0 Å². The largest absolute Gasteiger partial charge is 0.490 e. The minimum Gasteiger partial charge on any atom is -0.490 e. The molecule has 0 aromatic heterocycles. The molecule has 0 saturated heterocycles. The predicted octanol–water partition coefficient (Wildman–Crippen LogP) is 6.51. The first-order valence-electron chi connectivity index (χ1n) is 14.4. The highest BCUT2D eigenvalue weighted by molar-refractivity contribution is 6.30. The van der Waals surface area contributed by atoms with Gasteiger partial charge in [-0.3, -0.25) is 4.79 Å². The van der Waals surface area contributed by atoms with Crippen molar-refractivity contribution >= 4 is 29.5 Å². The summed E-state index contributed by atoms with van der Waals surface area (Å²) in [7, 11) is 1.75. The van der Waals surface area contributed by atoms with Crippen molar-refractivity contribution in [1.82, 2.24) is 15.1 Å². The number of urea groups is 1. The molecule has 1 aliphatic heterocycles. The van der Waals surface area contributed by atoms with Crippen LogP contribution in [-0.4, -0.2) is 60.1 Å². The first-order chi connectivity index (χ1) is 19.6. The van der Waals surface area contributed by atoms with E-state index in [4.69, 9.17) is 21.1 Å². The number of halogens is 1. The zero-order valence-electron chi connectivity index (χ0n) is 24.3. The third-order valence-corrected chi connectivity index (χ3v) is 7.70. The second-order valence-corrected chi connectivity index (χ2v) is 11.5. The SMILES string of the molecule is CC1=C(C(=O)OC(C)C)C(c2cccc(Cl)c2)N(CCCN(C)C(=O)c2ccc(OC3CCCCC3)cc2)C(=O)N1. The van der Waals surface area contributed by atoms with Crippen LogP contribution >= 0.6 is 11.6 Å². The second kappa shape index (κ2) is 13.9. The fourth-order valence-electron chi connectivity index (χ4n) is 5.43. The van der Waals surface area contributed by atoms with E-state index in [2.05, 4.69) is 5.32 Å². The third-order valence-electron chi connectivity index (χ3n) is 7.47. The van der Waals surface area contributed by atoms with Gasteiger partial charge in [-0.05, 0) is 94.8 Å². The van der Waals surface area contributed by atoms with Gasteiger partial charge in [0.1, 0.15) is 5.75 Å². The summed E-state index contributed by atoms with van der Waals surface area (Å²) in [5, 5.41) is 3.31. The van der Waals surface area contributed by atoms with Crippen molar-refractivity contribution in [2.45, 2.75) is 77.5 Å². The molecule has 1 unspecified atom stereocenters. The average molecular weight is 582 g/mol. The second-order valence-electron chi connectivity index (χ2n) is 11.1. The van der Waals surface area contributed by atoms with Crippen LogP contribution in [-0.2, 0) is 9.53 Å². The van der Waals surface area contributed by atoms with E-state index in [0.29, 0.717) is 46.9 Å². The molecule has 0 bridgehead atoms. The smallest absolute Gasteiger partial charge is 0.338 e. The number of ether oxygens (including phenoxy) is 2. The third kappa shape index (κ3) is 7.82. The first kappa shape index (κ1) is 30.4. The van der Waals surface area contributed by atoms with E-state index in [0.717, 1.165) is 18.6 Å².